The Hall–Kier alpha value is -3.39. The summed E-state index contributed by atoms with van der Waals surface area (Å²) in [5.74, 6) is 0.463. The van der Waals surface area contributed by atoms with Gasteiger partial charge in [-0.05, 0) is 54.6 Å². The molecule has 0 fully saturated rings. The second kappa shape index (κ2) is 7.92. The van der Waals surface area contributed by atoms with Crippen molar-refractivity contribution in [1.82, 2.24) is 14.2 Å². The molecule has 0 aliphatic heterocycles. The summed E-state index contributed by atoms with van der Waals surface area (Å²) in [5.41, 5.74) is 2.31. The molecular formula is C21H17BrN4O3. The third-order valence-electron chi connectivity index (χ3n) is 4.43. The van der Waals surface area contributed by atoms with E-state index < -0.39 is 0 Å². The Kier molecular flexibility index (Phi) is 5.18. The second-order valence-electron chi connectivity index (χ2n) is 6.37. The highest BCUT2D eigenvalue weighted by atomic mass is 79.9. The molecular weight excluding hydrogens is 436 g/mol. The van der Waals surface area contributed by atoms with E-state index in [4.69, 9.17) is 4.74 Å². The monoisotopic (exact) mass is 452 g/mol. The Balaban J connectivity index is 1.57. The van der Waals surface area contributed by atoms with Crippen molar-refractivity contribution in [3.8, 4) is 17.0 Å². The molecule has 0 unspecified atom stereocenters. The van der Waals surface area contributed by atoms with E-state index in [1.165, 1.54) is 9.08 Å². The zero-order valence-electron chi connectivity index (χ0n) is 15.5. The first kappa shape index (κ1) is 18.9. The maximum atomic E-state index is 12.8. The van der Waals surface area contributed by atoms with Gasteiger partial charge in [0.1, 0.15) is 17.8 Å². The van der Waals surface area contributed by atoms with Gasteiger partial charge in [0.05, 0.1) is 12.8 Å². The van der Waals surface area contributed by atoms with E-state index in [0.717, 1.165) is 15.8 Å². The van der Waals surface area contributed by atoms with Gasteiger partial charge < -0.3 is 14.6 Å². The highest BCUT2D eigenvalue weighted by molar-refractivity contribution is 9.10. The fourth-order valence-corrected chi connectivity index (χ4v) is 3.21. The second-order valence-corrected chi connectivity index (χ2v) is 7.29. The highest BCUT2D eigenvalue weighted by Crippen LogP contribution is 2.21. The van der Waals surface area contributed by atoms with Gasteiger partial charge in [-0.3, -0.25) is 9.59 Å². The number of amides is 1. The van der Waals surface area contributed by atoms with Crippen molar-refractivity contribution in [2.75, 3.05) is 12.4 Å². The number of nitrogens with zero attached hydrogens (tertiary/aromatic N) is 3. The molecule has 0 saturated carbocycles. The van der Waals surface area contributed by atoms with Gasteiger partial charge in [0.2, 0.25) is 5.91 Å². The van der Waals surface area contributed by atoms with E-state index in [1.807, 2.05) is 36.4 Å². The molecule has 4 rings (SSSR count). The SMILES string of the molecule is COc1ccc(-c2cc3c(=O)n(CC(=O)Nc4ccc(Br)cc4)ccn3n2)cc1. The number of carbonyl (C=O) groups is 1. The summed E-state index contributed by atoms with van der Waals surface area (Å²) in [6.45, 7) is -0.0888. The lowest BCUT2D eigenvalue weighted by Gasteiger charge is -2.07. The lowest BCUT2D eigenvalue weighted by molar-refractivity contribution is -0.116. The summed E-state index contributed by atoms with van der Waals surface area (Å²) in [6, 6.07) is 16.4. The van der Waals surface area contributed by atoms with Crippen molar-refractivity contribution >= 4 is 33.0 Å². The first-order valence-electron chi connectivity index (χ1n) is 8.82. The third-order valence-corrected chi connectivity index (χ3v) is 4.96. The van der Waals surface area contributed by atoms with Crippen molar-refractivity contribution < 1.29 is 9.53 Å². The summed E-state index contributed by atoms with van der Waals surface area (Å²) in [5, 5.41) is 7.23. The van der Waals surface area contributed by atoms with Gasteiger partial charge in [-0.1, -0.05) is 15.9 Å². The Morgan fingerprint density at radius 1 is 1.10 bits per heavy atom. The highest BCUT2D eigenvalue weighted by Gasteiger charge is 2.11. The molecule has 1 N–H and O–H groups in total. The van der Waals surface area contributed by atoms with E-state index in [1.54, 1.807) is 37.7 Å². The molecule has 2 aromatic heterocycles. The first-order chi connectivity index (χ1) is 14.0. The van der Waals surface area contributed by atoms with E-state index >= 15 is 0 Å². The molecule has 2 heterocycles. The predicted molar refractivity (Wildman–Crippen MR) is 114 cm³/mol. The number of ether oxygens (including phenoxy) is 1. The Morgan fingerprint density at radius 3 is 2.52 bits per heavy atom. The van der Waals surface area contributed by atoms with Crippen LogP contribution in [0.3, 0.4) is 0 Å². The molecule has 0 aliphatic rings. The van der Waals surface area contributed by atoms with Crippen LogP contribution in [0, 0.1) is 0 Å². The molecule has 146 valence electrons. The number of fused-ring (bicyclic) bond motifs is 1. The van der Waals surface area contributed by atoms with Crippen LogP contribution in [0.25, 0.3) is 16.8 Å². The summed E-state index contributed by atoms with van der Waals surface area (Å²) in [4.78, 5) is 25.1. The number of benzene rings is 2. The van der Waals surface area contributed by atoms with Crippen molar-refractivity contribution in [3.05, 3.63) is 81.8 Å². The molecule has 0 spiro atoms. The molecule has 29 heavy (non-hydrogen) atoms. The number of hydrogen-bond donors (Lipinski definition) is 1. The maximum absolute atomic E-state index is 12.8. The Bertz CT molecular complexity index is 1230. The van der Waals surface area contributed by atoms with Gasteiger partial charge in [0.15, 0.2) is 0 Å². The number of halogens is 1. The molecule has 0 aliphatic carbocycles. The number of aromatic nitrogens is 3. The van der Waals surface area contributed by atoms with E-state index in [9.17, 15) is 9.59 Å². The van der Waals surface area contributed by atoms with Crippen molar-refractivity contribution in [2.24, 2.45) is 0 Å². The van der Waals surface area contributed by atoms with Gasteiger partial charge in [-0.25, -0.2) is 4.52 Å². The lowest BCUT2D eigenvalue weighted by Crippen LogP contribution is -2.28. The zero-order valence-corrected chi connectivity index (χ0v) is 17.1. The molecule has 0 atom stereocenters. The van der Waals surface area contributed by atoms with Gasteiger partial charge in [0, 0.05) is 28.1 Å². The molecule has 4 aromatic rings. The summed E-state index contributed by atoms with van der Waals surface area (Å²) >= 11 is 3.35. The van der Waals surface area contributed by atoms with Gasteiger partial charge in [-0.2, -0.15) is 5.10 Å². The summed E-state index contributed by atoms with van der Waals surface area (Å²) in [6.07, 6.45) is 3.22. The van der Waals surface area contributed by atoms with E-state index in [0.29, 0.717) is 16.9 Å². The normalized spacial score (nSPS) is 10.8. The van der Waals surface area contributed by atoms with Crippen molar-refractivity contribution in [3.63, 3.8) is 0 Å². The quantitative estimate of drug-likeness (QED) is 0.501. The molecule has 0 bridgehead atoms. The molecule has 0 saturated heterocycles. The van der Waals surface area contributed by atoms with Crippen molar-refractivity contribution in [1.29, 1.82) is 0 Å². The van der Waals surface area contributed by atoms with Crippen LogP contribution in [0.2, 0.25) is 0 Å². The van der Waals surface area contributed by atoms with E-state index in [2.05, 4.69) is 26.3 Å². The van der Waals surface area contributed by atoms with Gasteiger partial charge >= 0.3 is 0 Å². The fraction of sp³-hybridized carbons (Fsp3) is 0.0952. The number of carbonyl (C=O) groups excluding carboxylic acids is 1. The number of anilines is 1. The van der Waals surface area contributed by atoms with Crippen LogP contribution in [0.15, 0.2) is 76.3 Å². The van der Waals surface area contributed by atoms with Crippen LogP contribution in [0.4, 0.5) is 5.69 Å². The minimum Gasteiger partial charge on any atom is -0.497 e. The Labute approximate surface area is 174 Å². The molecule has 1 amide bonds. The smallest absolute Gasteiger partial charge is 0.277 e. The van der Waals surface area contributed by atoms with Gasteiger partial charge in [-0.15, -0.1) is 0 Å². The molecule has 7 nitrogen and oxygen atoms in total. The largest absolute Gasteiger partial charge is 0.497 e. The minimum atomic E-state index is -0.286. The predicted octanol–water partition coefficient (Wildman–Crippen LogP) is 3.57. The van der Waals surface area contributed by atoms with Gasteiger partial charge in [0.25, 0.3) is 5.56 Å². The summed E-state index contributed by atoms with van der Waals surface area (Å²) < 4.78 is 8.97. The third kappa shape index (κ3) is 4.07. The van der Waals surface area contributed by atoms with Crippen LogP contribution in [-0.4, -0.2) is 27.2 Å². The average molecular weight is 453 g/mol. The van der Waals surface area contributed by atoms with Crippen LogP contribution in [-0.2, 0) is 11.3 Å². The zero-order chi connectivity index (χ0) is 20.4. The minimum absolute atomic E-state index is 0.0888. The Morgan fingerprint density at radius 2 is 1.83 bits per heavy atom. The maximum Gasteiger partial charge on any atom is 0.277 e. The average Bonchev–Trinajstić information content (AvgIpc) is 3.17. The van der Waals surface area contributed by atoms with Crippen molar-refractivity contribution in [2.45, 2.75) is 6.54 Å². The lowest BCUT2D eigenvalue weighted by atomic mass is 10.1. The standard InChI is InChI=1S/C21H17BrN4O3/c1-29-17-8-2-14(3-9-17)18-12-19-21(28)25(10-11-26(19)24-18)13-20(27)23-16-6-4-15(22)5-7-16/h2-12H,13H2,1H3,(H,23,27). The van der Waals surface area contributed by atoms with Crippen LogP contribution in [0.1, 0.15) is 0 Å². The molecule has 2 aromatic carbocycles. The van der Waals surface area contributed by atoms with E-state index in [-0.39, 0.29) is 18.0 Å². The number of rotatable bonds is 5. The first-order valence-corrected chi connectivity index (χ1v) is 9.61. The van der Waals surface area contributed by atoms with Crippen LogP contribution >= 0.6 is 15.9 Å². The summed E-state index contributed by atoms with van der Waals surface area (Å²) in [7, 11) is 1.61. The topological polar surface area (TPSA) is 77.6 Å². The van der Waals surface area contributed by atoms with Crippen LogP contribution in [0.5, 0.6) is 5.75 Å². The van der Waals surface area contributed by atoms with Crippen LogP contribution < -0.4 is 15.6 Å². The fourth-order valence-electron chi connectivity index (χ4n) is 2.94. The number of hydrogen-bond acceptors (Lipinski definition) is 4. The molecule has 0 radical (unpaired) electrons. The number of nitrogens with one attached hydrogen (secondary N) is 1. The molecule has 8 heteroatoms. The number of methoxy groups -OCH3 is 1.